The van der Waals surface area contributed by atoms with Gasteiger partial charge in [-0.3, -0.25) is 4.68 Å². The molecule has 0 aliphatic rings. The molecule has 3 aromatic rings. The van der Waals surface area contributed by atoms with Crippen LogP contribution >= 0.6 is 35.4 Å². The van der Waals surface area contributed by atoms with Crippen LogP contribution in [0.3, 0.4) is 0 Å². The molecule has 0 saturated carbocycles. The average Bonchev–Trinajstić information content (AvgIpc) is 2.88. The maximum atomic E-state index is 6.04. The minimum Gasteiger partial charge on any atom is -0.497 e. The highest BCUT2D eigenvalue weighted by atomic mass is 35.5. The number of ether oxygens (including phenoxy) is 1. The van der Waals surface area contributed by atoms with E-state index in [0.29, 0.717) is 27.4 Å². The monoisotopic (exact) mass is 434 g/mol. The molecule has 0 saturated heterocycles. The van der Waals surface area contributed by atoms with Crippen LogP contribution in [0.25, 0.3) is 0 Å². The van der Waals surface area contributed by atoms with Crippen LogP contribution in [-0.2, 0) is 6.54 Å². The van der Waals surface area contributed by atoms with Crippen molar-refractivity contribution in [3.63, 3.8) is 0 Å². The van der Waals surface area contributed by atoms with E-state index < -0.39 is 0 Å². The average molecular weight is 435 g/mol. The van der Waals surface area contributed by atoms with Gasteiger partial charge in [-0.05, 0) is 62.0 Å². The Hall–Kier alpha value is -2.28. The molecule has 0 unspecified atom stereocenters. The molecule has 1 aromatic heterocycles. The van der Waals surface area contributed by atoms with Crippen LogP contribution in [0, 0.1) is 13.8 Å². The molecule has 0 spiro atoms. The van der Waals surface area contributed by atoms with E-state index in [0.717, 1.165) is 28.4 Å². The number of aryl methyl sites for hydroxylation is 1. The lowest BCUT2D eigenvalue weighted by atomic mass is 10.2. The fourth-order valence-corrected chi connectivity index (χ4v) is 3.62. The van der Waals surface area contributed by atoms with E-state index in [-0.39, 0.29) is 0 Å². The molecule has 0 bridgehead atoms. The molecule has 8 heteroatoms. The van der Waals surface area contributed by atoms with Crippen LogP contribution < -0.4 is 15.4 Å². The summed E-state index contributed by atoms with van der Waals surface area (Å²) in [6, 6.07) is 13.1. The Bertz CT molecular complexity index is 999. The molecule has 0 amide bonds. The highest BCUT2D eigenvalue weighted by Crippen LogP contribution is 2.24. The molecule has 2 aromatic carbocycles. The lowest BCUT2D eigenvalue weighted by Gasteiger charge is -2.12. The summed E-state index contributed by atoms with van der Waals surface area (Å²) in [5, 5.41) is 12.5. The Kier molecular flexibility index (Phi) is 6.44. The van der Waals surface area contributed by atoms with Crippen molar-refractivity contribution >= 4 is 51.9 Å². The second-order valence-electron chi connectivity index (χ2n) is 6.29. The Morgan fingerprint density at radius 2 is 1.82 bits per heavy atom. The Balaban J connectivity index is 1.74. The molecule has 28 heavy (non-hydrogen) atoms. The van der Waals surface area contributed by atoms with Crippen LogP contribution in [0.1, 0.15) is 17.0 Å². The first-order chi connectivity index (χ1) is 13.4. The van der Waals surface area contributed by atoms with E-state index in [2.05, 4.69) is 15.7 Å². The Labute approximate surface area is 179 Å². The lowest BCUT2D eigenvalue weighted by molar-refractivity contribution is 0.414. The summed E-state index contributed by atoms with van der Waals surface area (Å²) in [4.78, 5) is 0. The first-order valence-corrected chi connectivity index (χ1v) is 9.73. The number of benzene rings is 2. The molecular formula is C20H20Cl2N4OS. The molecule has 0 radical (unpaired) electrons. The summed E-state index contributed by atoms with van der Waals surface area (Å²) >= 11 is 17.5. The van der Waals surface area contributed by atoms with Gasteiger partial charge in [-0.1, -0.05) is 35.3 Å². The fraction of sp³-hybridized carbons (Fsp3) is 0.200. The third-order valence-electron chi connectivity index (χ3n) is 4.21. The molecule has 146 valence electrons. The zero-order chi connectivity index (χ0) is 20.3. The topological polar surface area (TPSA) is 51.1 Å². The molecule has 0 aliphatic carbocycles. The first kappa shape index (κ1) is 20.5. The van der Waals surface area contributed by atoms with Crippen LogP contribution in [0.15, 0.2) is 42.5 Å². The molecule has 2 N–H and O–H groups in total. The van der Waals surface area contributed by atoms with E-state index in [4.69, 9.17) is 40.2 Å². The minimum absolute atomic E-state index is 0.436. The number of methoxy groups -OCH3 is 1. The van der Waals surface area contributed by atoms with Crippen molar-refractivity contribution in [1.29, 1.82) is 0 Å². The van der Waals surface area contributed by atoms with Crippen molar-refractivity contribution in [3.8, 4) is 5.75 Å². The van der Waals surface area contributed by atoms with E-state index in [1.807, 2.05) is 42.8 Å². The van der Waals surface area contributed by atoms with Gasteiger partial charge in [-0.2, -0.15) is 5.10 Å². The maximum absolute atomic E-state index is 6.04. The molecule has 0 fully saturated rings. The Morgan fingerprint density at radius 1 is 1.11 bits per heavy atom. The number of anilines is 2. The first-order valence-electron chi connectivity index (χ1n) is 8.56. The quantitative estimate of drug-likeness (QED) is 0.506. The van der Waals surface area contributed by atoms with Crippen molar-refractivity contribution in [2.75, 3.05) is 17.7 Å². The molecule has 0 aliphatic heterocycles. The second kappa shape index (κ2) is 8.82. The molecule has 3 rings (SSSR count). The number of halogens is 2. The SMILES string of the molecule is COc1cccc(Cn2nc(C)c(NC(=S)Nc3cc(Cl)cc(Cl)c3)c2C)c1. The van der Waals surface area contributed by atoms with Crippen LogP contribution in [0.5, 0.6) is 5.75 Å². The molecular weight excluding hydrogens is 415 g/mol. The van der Waals surface area contributed by atoms with Gasteiger partial charge in [0.1, 0.15) is 5.75 Å². The zero-order valence-corrected chi connectivity index (χ0v) is 18.0. The van der Waals surface area contributed by atoms with E-state index >= 15 is 0 Å². The van der Waals surface area contributed by atoms with Crippen molar-refractivity contribution < 1.29 is 4.74 Å². The number of aromatic nitrogens is 2. The molecule has 5 nitrogen and oxygen atoms in total. The van der Waals surface area contributed by atoms with Crippen LogP contribution in [0.2, 0.25) is 10.0 Å². The van der Waals surface area contributed by atoms with E-state index in [9.17, 15) is 0 Å². The summed E-state index contributed by atoms with van der Waals surface area (Å²) < 4.78 is 7.23. The number of thiocarbonyl (C=S) groups is 1. The molecule has 0 atom stereocenters. The van der Waals surface area contributed by atoms with Crippen molar-refractivity contribution in [3.05, 3.63) is 69.5 Å². The largest absolute Gasteiger partial charge is 0.497 e. The van der Waals surface area contributed by atoms with Crippen LogP contribution in [-0.4, -0.2) is 22.0 Å². The number of hydrogen-bond acceptors (Lipinski definition) is 3. The van der Waals surface area contributed by atoms with Crippen LogP contribution in [0.4, 0.5) is 11.4 Å². The standard InChI is InChI=1S/C20H20Cl2N4OS/c1-12-19(24-20(28)23-17-9-15(21)8-16(22)10-17)13(2)26(25-12)11-14-5-4-6-18(7-14)27-3/h4-10H,11H2,1-3H3,(H2,23,24,28). The Morgan fingerprint density at radius 3 is 2.50 bits per heavy atom. The predicted octanol–water partition coefficient (Wildman–Crippen LogP) is 5.67. The number of nitrogens with one attached hydrogen (secondary N) is 2. The van der Waals surface area contributed by atoms with Gasteiger partial charge in [0.05, 0.1) is 30.7 Å². The van der Waals surface area contributed by atoms with Gasteiger partial charge in [0.2, 0.25) is 0 Å². The molecule has 1 heterocycles. The van der Waals surface area contributed by atoms with Crippen molar-refractivity contribution in [2.24, 2.45) is 0 Å². The van der Waals surface area contributed by atoms with Crippen molar-refractivity contribution in [1.82, 2.24) is 9.78 Å². The number of hydrogen-bond donors (Lipinski definition) is 2. The normalized spacial score (nSPS) is 10.6. The van der Waals surface area contributed by atoms with Gasteiger partial charge >= 0.3 is 0 Å². The third-order valence-corrected chi connectivity index (χ3v) is 4.85. The highest BCUT2D eigenvalue weighted by molar-refractivity contribution is 7.80. The smallest absolute Gasteiger partial charge is 0.175 e. The lowest BCUT2D eigenvalue weighted by Crippen LogP contribution is -2.20. The summed E-state index contributed by atoms with van der Waals surface area (Å²) in [6.45, 7) is 4.58. The fourth-order valence-electron chi connectivity index (χ4n) is 2.88. The highest BCUT2D eigenvalue weighted by Gasteiger charge is 2.13. The van der Waals surface area contributed by atoms with Gasteiger partial charge in [0, 0.05) is 15.7 Å². The third kappa shape index (κ3) is 4.95. The zero-order valence-electron chi connectivity index (χ0n) is 15.7. The van der Waals surface area contributed by atoms with Gasteiger partial charge < -0.3 is 15.4 Å². The van der Waals surface area contributed by atoms with Crippen molar-refractivity contribution in [2.45, 2.75) is 20.4 Å². The summed E-state index contributed by atoms with van der Waals surface area (Å²) in [5.74, 6) is 0.822. The maximum Gasteiger partial charge on any atom is 0.175 e. The number of rotatable bonds is 5. The second-order valence-corrected chi connectivity index (χ2v) is 7.57. The minimum atomic E-state index is 0.436. The van der Waals surface area contributed by atoms with E-state index in [1.54, 1.807) is 25.3 Å². The summed E-state index contributed by atoms with van der Waals surface area (Å²) in [6.07, 6.45) is 0. The summed E-state index contributed by atoms with van der Waals surface area (Å²) in [7, 11) is 1.66. The predicted molar refractivity (Wildman–Crippen MR) is 120 cm³/mol. The van der Waals surface area contributed by atoms with Gasteiger partial charge in [-0.15, -0.1) is 0 Å². The van der Waals surface area contributed by atoms with Gasteiger partial charge in [-0.25, -0.2) is 0 Å². The number of nitrogens with zero attached hydrogens (tertiary/aromatic N) is 2. The van der Waals surface area contributed by atoms with E-state index in [1.165, 1.54) is 0 Å². The van der Waals surface area contributed by atoms with Gasteiger partial charge in [0.15, 0.2) is 5.11 Å². The summed E-state index contributed by atoms with van der Waals surface area (Å²) in [5.41, 5.74) is 4.52. The van der Waals surface area contributed by atoms with Gasteiger partial charge in [0.25, 0.3) is 0 Å².